The number of carboxylic acids is 1. The molecule has 1 aliphatic heterocycles. The molecule has 2 aromatic rings. The van der Waals surface area contributed by atoms with Gasteiger partial charge in [-0.05, 0) is 12.1 Å². The fourth-order valence-corrected chi connectivity index (χ4v) is 3.37. The Bertz CT molecular complexity index is 656. The van der Waals surface area contributed by atoms with Crippen molar-refractivity contribution in [3.8, 4) is 0 Å². The van der Waals surface area contributed by atoms with E-state index in [0.29, 0.717) is 6.42 Å². The molecule has 0 atom stereocenters. The fourth-order valence-electron chi connectivity index (χ4n) is 2.47. The average molecular weight is 303 g/mol. The quantitative estimate of drug-likeness (QED) is 0.941. The number of rotatable bonds is 4. The highest BCUT2D eigenvalue weighted by Gasteiger charge is 2.23. The first-order chi connectivity index (χ1) is 10.1. The number of aliphatic carboxylic acids is 1. The van der Waals surface area contributed by atoms with Crippen molar-refractivity contribution in [2.75, 3.05) is 29.9 Å². The molecular weight excluding hydrogens is 286 g/mol. The van der Waals surface area contributed by atoms with E-state index in [1.165, 1.54) is 5.69 Å². The lowest BCUT2D eigenvalue weighted by Gasteiger charge is -2.35. The maximum absolute atomic E-state index is 10.6. The number of fused-ring (bicyclic) bond motifs is 1. The summed E-state index contributed by atoms with van der Waals surface area (Å²) in [5.74, 6) is -0.783. The summed E-state index contributed by atoms with van der Waals surface area (Å²) in [7, 11) is 2.09. The lowest BCUT2D eigenvalue weighted by molar-refractivity contribution is -0.136. The number of carbonyl (C=O) groups is 1. The van der Waals surface area contributed by atoms with Gasteiger partial charge in [0.1, 0.15) is 0 Å². The van der Waals surface area contributed by atoms with Crippen molar-refractivity contribution in [1.29, 1.82) is 0 Å². The zero-order valence-electron chi connectivity index (χ0n) is 11.8. The molecule has 0 saturated heterocycles. The van der Waals surface area contributed by atoms with Crippen LogP contribution in [0.1, 0.15) is 12.1 Å². The summed E-state index contributed by atoms with van der Waals surface area (Å²) in [6.45, 7) is 1.83. The minimum absolute atomic E-state index is 0.127. The summed E-state index contributed by atoms with van der Waals surface area (Å²) in [4.78, 5) is 19.7. The Morgan fingerprint density at radius 3 is 2.86 bits per heavy atom. The molecule has 0 aliphatic carbocycles. The van der Waals surface area contributed by atoms with Gasteiger partial charge in [-0.2, -0.15) is 0 Å². The topological polar surface area (TPSA) is 56.7 Å². The number of hydrogen-bond acceptors (Lipinski definition) is 5. The first-order valence-corrected chi connectivity index (χ1v) is 7.77. The van der Waals surface area contributed by atoms with Gasteiger partial charge in [-0.1, -0.05) is 12.1 Å². The lowest BCUT2D eigenvalue weighted by atomic mass is 10.2. The third kappa shape index (κ3) is 2.85. The molecule has 0 amide bonds. The number of para-hydroxylation sites is 2. The largest absolute Gasteiger partial charge is 0.481 e. The van der Waals surface area contributed by atoms with E-state index in [9.17, 15) is 4.79 Å². The molecule has 1 N–H and O–H groups in total. The highest BCUT2D eigenvalue weighted by Crippen LogP contribution is 2.37. The molecule has 1 aromatic carbocycles. The van der Waals surface area contributed by atoms with Gasteiger partial charge in [-0.25, -0.2) is 4.98 Å². The zero-order chi connectivity index (χ0) is 14.8. The normalized spacial score (nSPS) is 14.1. The second kappa shape index (κ2) is 5.73. The SMILES string of the molecule is CN1CCN(c2nc(CCC(=O)O)cs2)c2ccccc21. The standard InChI is InChI=1S/C15H17N3O2S/c1-17-8-9-18(13-5-3-2-4-12(13)17)15-16-11(10-21-15)6-7-14(19)20/h2-5,10H,6-9H2,1H3,(H,19,20). The molecule has 110 valence electrons. The van der Waals surface area contributed by atoms with E-state index >= 15 is 0 Å². The van der Waals surface area contributed by atoms with Gasteiger partial charge in [0, 0.05) is 31.9 Å². The monoisotopic (exact) mass is 303 g/mol. The van der Waals surface area contributed by atoms with Crippen LogP contribution in [0, 0.1) is 0 Å². The number of hydrogen-bond donors (Lipinski definition) is 1. The molecule has 2 heterocycles. The minimum atomic E-state index is -0.783. The summed E-state index contributed by atoms with van der Waals surface area (Å²) in [6, 6.07) is 8.28. The molecule has 1 aliphatic rings. The number of likely N-dealkylation sites (N-methyl/N-ethyl adjacent to an activating group) is 1. The van der Waals surface area contributed by atoms with E-state index in [1.54, 1.807) is 11.3 Å². The first kappa shape index (κ1) is 13.9. The number of carboxylic acid groups (broad SMARTS) is 1. The van der Waals surface area contributed by atoms with Gasteiger partial charge in [0.15, 0.2) is 5.13 Å². The molecule has 0 radical (unpaired) electrons. The van der Waals surface area contributed by atoms with Crippen LogP contribution in [0.3, 0.4) is 0 Å². The Morgan fingerprint density at radius 2 is 2.10 bits per heavy atom. The van der Waals surface area contributed by atoms with Crippen LogP contribution in [0.25, 0.3) is 0 Å². The molecule has 21 heavy (non-hydrogen) atoms. The maximum Gasteiger partial charge on any atom is 0.303 e. The Morgan fingerprint density at radius 1 is 1.33 bits per heavy atom. The van der Waals surface area contributed by atoms with Crippen LogP contribution in [0.4, 0.5) is 16.5 Å². The van der Waals surface area contributed by atoms with Crippen molar-refractivity contribution in [2.24, 2.45) is 0 Å². The Labute approximate surface area is 127 Å². The molecule has 0 spiro atoms. The van der Waals surface area contributed by atoms with Crippen molar-refractivity contribution in [2.45, 2.75) is 12.8 Å². The Hall–Kier alpha value is -2.08. The van der Waals surface area contributed by atoms with Crippen LogP contribution < -0.4 is 9.80 Å². The summed E-state index contributed by atoms with van der Waals surface area (Å²) in [5, 5.41) is 11.6. The van der Waals surface area contributed by atoms with Crippen LogP contribution >= 0.6 is 11.3 Å². The van der Waals surface area contributed by atoms with E-state index in [0.717, 1.165) is 29.6 Å². The van der Waals surface area contributed by atoms with E-state index < -0.39 is 5.97 Å². The van der Waals surface area contributed by atoms with Gasteiger partial charge in [-0.3, -0.25) is 4.79 Å². The molecule has 3 rings (SSSR count). The van der Waals surface area contributed by atoms with Gasteiger partial charge in [-0.15, -0.1) is 11.3 Å². The van der Waals surface area contributed by atoms with Gasteiger partial charge < -0.3 is 14.9 Å². The molecular formula is C15H17N3O2S. The molecule has 1 aromatic heterocycles. The molecule has 6 heteroatoms. The number of anilines is 3. The van der Waals surface area contributed by atoms with E-state index in [2.05, 4.69) is 34.0 Å². The molecule has 0 bridgehead atoms. The van der Waals surface area contributed by atoms with Crippen LogP contribution in [0.5, 0.6) is 0 Å². The third-order valence-corrected chi connectivity index (χ3v) is 4.52. The van der Waals surface area contributed by atoms with Crippen LogP contribution in [-0.2, 0) is 11.2 Å². The van der Waals surface area contributed by atoms with Crippen molar-refractivity contribution >= 4 is 33.8 Å². The maximum atomic E-state index is 10.6. The third-order valence-electron chi connectivity index (χ3n) is 3.61. The smallest absolute Gasteiger partial charge is 0.303 e. The Kier molecular flexibility index (Phi) is 3.79. The van der Waals surface area contributed by atoms with E-state index in [1.807, 2.05) is 17.5 Å². The average Bonchev–Trinajstić information content (AvgIpc) is 2.94. The number of aromatic nitrogens is 1. The van der Waals surface area contributed by atoms with Gasteiger partial charge in [0.05, 0.1) is 23.5 Å². The molecule has 0 unspecified atom stereocenters. The van der Waals surface area contributed by atoms with Crippen LogP contribution in [0.15, 0.2) is 29.6 Å². The fraction of sp³-hybridized carbons (Fsp3) is 0.333. The Balaban J connectivity index is 1.85. The number of thiazole rings is 1. The second-order valence-electron chi connectivity index (χ2n) is 5.08. The van der Waals surface area contributed by atoms with Crippen LogP contribution in [0.2, 0.25) is 0 Å². The van der Waals surface area contributed by atoms with Crippen molar-refractivity contribution in [3.05, 3.63) is 35.3 Å². The highest BCUT2D eigenvalue weighted by atomic mass is 32.1. The molecule has 0 fully saturated rings. The zero-order valence-corrected chi connectivity index (χ0v) is 12.6. The predicted molar refractivity (Wildman–Crippen MR) is 84.8 cm³/mol. The van der Waals surface area contributed by atoms with Crippen LogP contribution in [-0.4, -0.2) is 36.2 Å². The van der Waals surface area contributed by atoms with Gasteiger partial charge in [0.25, 0.3) is 0 Å². The molecule has 0 saturated carbocycles. The second-order valence-corrected chi connectivity index (χ2v) is 5.91. The summed E-state index contributed by atoms with van der Waals surface area (Å²) >= 11 is 1.58. The lowest BCUT2D eigenvalue weighted by Crippen LogP contribution is -2.36. The first-order valence-electron chi connectivity index (χ1n) is 6.89. The van der Waals surface area contributed by atoms with Gasteiger partial charge >= 0.3 is 5.97 Å². The highest BCUT2D eigenvalue weighted by molar-refractivity contribution is 7.13. The summed E-state index contributed by atoms with van der Waals surface area (Å²) in [5.41, 5.74) is 3.21. The number of aryl methyl sites for hydroxylation is 1. The van der Waals surface area contributed by atoms with E-state index in [4.69, 9.17) is 5.11 Å². The minimum Gasteiger partial charge on any atom is -0.481 e. The van der Waals surface area contributed by atoms with Crippen molar-refractivity contribution in [3.63, 3.8) is 0 Å². The number of benzene rings is 1. The van der Waals surface area contributed by atoms with Gasteiger partial charge in [0.2, 0.25) is 0 Å². The molecule has 5 nitrogen and oxygen atoms in total. The van der Waals surface area contributed by atoms with Crippen molar-refractivity contribution < 1.29 is 9.90 Å². The number of nitrogens with zero attached hydrogens (tertiary/aromatic N) is 3. The van der Waals surface area contributed by atoms with Crippen molar-refractivity contribution in [1.82, 2.24) is 4.98 Å². The summed E-state index contributed by atoms with van der Waals surface area (Å²) in [6.07, 6.45) is 0.615. The summed E-state index contributed by atoms with van der Waals surface area (Å²) < 4.78 is 0. The predicted octanol–water partition coefficient (Wildman–Crippen LogP) is 2.75. The van der Waals surface area contributed by atoms with E-state index in [-0.39, 0.29) is 6.42 Å².